The lowest BCUT2D eigenvalue weighted by Crippen LogP contribution is -2.39. The average Bonchev–Trinajstić information content (AvgIpc) is 2.38. The molecule has 1 amide bonds. The van der Waals surface area contributed by atoms with Crippen LogP contribution in [0.5, 0.6) is 5.75 Å². The molecule has 1 aromatic carbocycles. The van der Waals surface area contributed by atoms with Crippen LogP contribution in [0.4, 0.5) is 8.78 Å². The zero-order valence-electron chi connectivity index (χ0n) is 11.7. The predicted molar refractivity (Wildman–Crippen MR) is 71.2 cm³/mol. The van der Waals surface area contributed by atoms with E-state index in [-0.39, 0.29) is 24.6 Å². The molecule has 0 aliphatic heterocycles. The summed E-state index contributed by atoms with van der Waals surface area (Å²) in [7, 11) is 0. The van der Waals surface area contributed by atoms with Gasteiger partial charge in [0.25, 0.3) is 0 Å². The fourth-order valence-corrected chi connectivity index (χ4v) is 1.43. The number of carboxylic acids is 1. The smallest absolute Gasteiger partial charge is 0.387 e. The van der Waals surface area contributed by atoms with Gasteiger partial charge in [-0.05, 0) is 31.5 Å². The quantitative estimate of drug-likeness (QED) is 0.808. The van der Waals surface area contributed by atoms with Crippen molar-refractivity contribution in [2.75, 3.05) is 6.54 Å². The zero-order valence-corrected chi connectivity index (χ0v) is 11.7. The summed E-state index contributed by atoms with van der Waals surface area (Å²) in [5.74, 6) is -1.33. The van der Waals surface area contributed by atoms with Gasteiger partial charge in [0, 0.05) is 6.54 Å². The van der Waals surface area contributed by atoms with Crippen LogP contribution in [0, 0.1) is 5.41 Å². The monoisotopic (exact) mass is 301 g/mol. The van der Waals surface area contributed by atoms with Gasteiger partial charge < -0.3 is 15.2 Å². The van der Waals surface area contributed by atoms with Crippen LogP contribution in [0.25, 0.3) is 0 Å². The van der Waals surface area contributed by atoms with Gasteiger partial charge in [-0.1, -0.05) is 12.1 Å². The molecule has 0 atom stereocenters. The summed E-state index contributed by atoms with van der Waals surface area (Å²) in [6.07, 6.45) is 0.0324. The van der Waals surface area contributed by atoms with Crippen LogP contribution >= 0.6 is 0 Å². The van der Waals surface area contributed by atoms with E-state index in [1.54, 1.807) is 0 Å². The second-order valence-electron chi connectivity index (χ2n) is 5.16. The molecule has 0 radical (unpaired) electrons. The van der Waals surface area contributed by atoms with Crippen molar-refractivity contribution in [3.05, 3.63) is 29.8 Å². The number of hydrogen-bond acceptors (Lipinski definition) is 3. The van der Waals surface area contributed by atoms with Crippen LogP contribution in [0.15, 0.2) is 24.3 Å². The maximum Gasteiger partial charge on any atom is 0.387 e. The molecule has 0 aliphatic carbocycles. The maximum atomic E-state index is 12.0. The molecule has 5 nitrogen and oxygen atoms in total. The van der Waals surface area contributed by atoms with Crippen molar-refractivity contribution in [1.29, 1.82) is 0 Å². The topological polar surface area (TPSA) is 75.6 Å². The number of carboxylic acid groups (broad SMARTS) is 1. The van der Waals surface area contributed by atoms with Gasteiger partial charge in [0.05, 0.1) is 11.8 Å². The molecule has 0 aromatic heterocycles. The molecule has 2 N–H and O–H groups in total. The highest BCUT2D eigenvalue weighted by Gasteiger charge is 2.27. The van der Waals surface area contributed by atoms with Gasteiger partial charge in [-0.25, -0.2) is 0 Å². The van der Waals surface area contributed by atoms with Gasteiger partial charge >= 0.3 is 12.6 Å². The van der Waals surface area contributed by atoms with E-state index < -0.39 is 18.0 Å². The number of carbonyl (C=O) groups excluding carboxylic acids is 1. The molecule has 0 spiro atoms. The van der Waals surface area contributed by atoms with E-state index in [2.05, 4.69) is 10.1 Å². The first-order chi connectivity index (χ1) is 9.70. The number of halogens is 2. The van der Waals surface area contributed by atoms with Crippen LogP contribution in [0.1, 0.15) is 19.4 Å². The second-order valence-corrected chi connectivity index (χ2v) is 5.16. The molecule has 0 bridgehead atoms. The van der Waals surface area contributed by atoms with Crippen LogP contribution in [0.2, 0.25) is 0 Å². The first kappa shape index (κ1) is 16.9. The number of amides is 1. The zero-order chi connectivity index (χ0) is 16.0. The summed E-state index contributed by atoms with van der Waals surface area (Å²) in [6, 6.07) is 5.69. The fraction of sp³-hybridized carbons (Fsp3) is 0.429. The van der Waals surface area contributed by atoms with Crippen LogP contribution < -0.4 is 10.1 Å². The predicted octanol–water partition coefficient (Wildman–Crippen LogP) is 2.06. The summed E-state index contributed by atoms with van der Waals surface area (Å²) in [4.78, 5) is 22.6. The van der Waals surface area contributed by atoms with E-state index >= 15 is 0 Å². The number of nitrogens with one attached hydrogen (secondary N) is 1. The maximum absolute atomic E-state index is 12.0. The van der Waals surface area contributed by atoms with Crippen molar-refractivity contribution < 1.29 is 28.2 Å². The molecule has 0 unspecified atom stereocenters. The Hall–Kier alpha value is -2.18. The molecule has 0 heterocycles. The molecule has 0 fully saturated rings. The summed E-state index contributed by atoms with van der Waals surface area (Å²) in [6.45, 7) is 0.128. The minimum absolute atomic E-state index is 0.00768. The van der Waals surface area contributed by atoms with E-state index in [4.69, 9.17) is 5.11 Å². The lowest BCUT2D eigenvalue weighted by Gasteiger charge is -2.19. The number of alkyl halides is 2. The van der Waals surface area contributed by atoms with Crippen molar-refractivity contribution in [2.45, 2.75) is 26.9 Å². The third kappa shape index (κ3) is 5.76. The molecular formula is C14H17F2NO4. The highest BCUT2D eigenvalue weighted by molar-refractivity contribution is 5.80. The Bertz CT molecular complexity index is 500. The molecule has 1 aromatic rings. The van der Waals surface area contributed by atoms with Crippen molar-refractivity contribution >= 4 is 11.9 Å². The highest BCUT2D eigenvalue weighted by Crippen LogP contribution is 2.16. The van der Waals surface area contributed by atoms with E-state index in [0.29, 0.717) is 5.56 Å². The minimum atomic E-state index is -2.89. The number of ether oxygens (including phenoxy) is 1. The van der Waals surface area contributed by atoms with E-state index in [0.717, 1.165) is 0 Å². The van der Waals surface area contributed by atoms with Crippen LogP contribution in [-0.4, -0.2) is 30.1 Å². The van der Waals surface area contributed by atoms with Gasteiger partial charge in [-0.2, -0.15) is 8.78 Å². The molecule has 7 heteroatoms. The van der Waals surface area contributed by atoms with E-state index in [1.807, 2.05) is 0 Å². The average molecular weight is 301 g/mol. The first-order valence-electron chi connectivity index (χ1n) is 6.24. The number of hydrogen-bond donors (Lipinski definition) is 2. The van der Waals surface area contributed by atoms with E-state index in [1.165, 1.54) is 38.1 Å². The largest absolute Gasteiger partial charge is 0.481 e. The minimum Gasteiger partial charge on any atom is -0.481 e. The molecule has 1 rings (SSSR count). The summed E-state index contributed by atoms with van der Waals surface area (Å²) >= 11 is 0. The summed E-state index contributed by atoms with van der Waals surface area (Å²) < 4.78 is 28.1. The Balaban J connectivity index is 2.50. The Morgan fingerprint density at radius 2 is 1.86 bits per heavy atom. The van der Waals surface area contributed by atoms with Gasteiger partial charge in [0.1, 0.15) is 5.75 Å². The van der Waals surface area contributed by atoms with Gasteiger partial charge in [0.15, 0.2) is 0 Å². The molecule has 0 aliphatic rings. The summed E-state index contributed by atoms with van der Waals surface area (Å²) in [5, 5.41) is 11.4. The molecule has 116 valence electrons. The fourth-order valence-electron chi connectivity index (χ4n) is 1.43. The third-order valence-corrected chi connectivity index (χ3v) is 2.82. The Labute approximate surface area is 120 Å². The Morgan fingerprint density at radius 3 is 2.33 bits per heavy atom. The number of benzene rings is 1. The third-order valence-electron chi connectivity index (χ3n) is 2.82. The summed E-state index contributed by atoms with van der Waals surface area (Å²) in [5.41, 5.74) is -0.438. The molecule has 0 saturated carbocycles. The molecule has 0 saturated heterocycles. The van der Waals surface area contributed by atoms with Gasteiger partial charge in [-0.15, -0.1) is 0 Å². The standard InChI is InChI=1S/C14H17F2NO4/c1-14(2,12(19)20)8-17-11(18)7-9-3-5-10(6-4-9)21-13(15)16/h3-6,13H,7-8H2,1-2H3,(H,17,18)(H,19,20). The number of carbonyl (C=O) groups is 2. The molecule has 21 heavy (non-hydrogen) atoms. The first-order valence-corrected chi connectivity index (χ1v) is 6.24. The van der Waals surface area contributed by atoms with Crippen molar-refractivity contribution in [3.8, 4) is 5.75 Å². The van der Waals surface area contributed by atoms with Crippen molar-refractivity contribution in [1.82, 2.24) is 5.32 Å². The van der Waals surface area contributed by atoms with Crippen molar-refractivity contribution in [3.63, 3.8) is 0 Å². The lowest BCUT2D eigenvalue weighted by molar-refractivity contribution is -0.146. The number of aliphatic carboxylic acids is 1. The Morgan fingerprint density at radius 1 is 1.29 bits per heavy atom. The Kier molecular flexibility index (Phi) is 5.63. The normalized spacial score (nSPS) is 11.3. The second kappa shape index (κ2) is 7.01. The van der Waals surface area contributed by atoms with Crippen molar-refractivity contribution in [2.24, 2.45) is 5.41 Å². The SMILES string of the molecule is CC(C)(CNC(=O)Cc1ccc(OC(F)F)cc1)C(=O)O. The number of rotatable bonds is 7. The lowest BCUT2D eigenvalue weighted by atomic mass is 9.94. The van der Waals surface area contributed by atoms with Gasteiger partial charge in [0.2, 0.25) is 5.91 Å². The van der Waals surface area contributed by atoms with Gasteiger partial charge in [-0.3, -0.25) is 9.59 Å². The van der Waals surface area contributed by atoms with Crippen LogP contribution in [-0.2, 0) is 16.0 Å². The highest BCUT2D eigenvalue weighted by atomic mass is 19.3. The van der Waals surface area contributed by atoms with Crippen LogP contribution in [0.3, 0.4) is 0 Å². The molecular weight excluding hydrogens is 284 g/mol. The van der Waals surface area contributed by atoms with E-state index in [9.17, 15) is 18.4 Å².